The number of nitrogens with zero attached hydrogens (tertiary/aromatic N) is 2. The first kappa shape index (κ1) is 18.5. The van der Waals surface area contributed by atoms with Crippen molar-refractivity contribution >= 4 is 46.7 Å². The van der Waals surface area contributed by atoms with E-state index in [2.05, 4.69) is 20.9 Å². The number of urea groups is 1. The van der Waals surface area contributed by atoms with E-state index in [1.807, 2.05) is 0 Å². The Balaban J connectivity index is 1.85. The van der Waals surface area contributed by atoms with Crippen LogP contribution in [0, 0.1) is 0 Å². The lowest BCUT2D eigenvalue weighted by Crippen LogP contribution is -2.57. The number of pyridine rings is 1. The quantitative estimate of drug-likeness (QED) is 0.186. The number of nitrogens with one attached hydrogen (secondary N) is 3. The number of amides is 3. The van der Waals surface area contributed by atoms with Gasteiger partial charge in [-0.15, -0.1) is 0 Å². The van der Waals surface area contributed by atoms with Crippen molar-refractivity contribution in [2.45, 2.75) is 6.42 Å². The van der Waals surface area contributed by atoms with Gasteiger partial charge in [0.2, 0.25) is 0 Å². The lowest BCUT2D eigenvalue weighted by Gasteiger charge is -2.25. The van der Waals surface area contributed by atoms with Crippen LogP contribution in [-0.2, 0) is 9.59 Å². The molecule has 11 heteroatoms. The summed E-state index contributed by atoms with van der Waals surface area (Å²) in [5.74, 6) is -1.24. The Hall–Kier alpha value is -2.79. The fraction of sp³-hybridized carbons (Fsp3) is 0.357. The van der Waals surface area contributed by atoms with Crippen molar-refractivity contribution in [3.8, 4) is 0 Å². The highest BCUT2D eigenvalue weighted by molar-refractivity contribution is 7.80. The number of nitrogens with two attached hydrogens (primary N) is 1. The number of carbonyl (C=O) groups excluding carboxylic acids is 2. The van der Waals surface area contributed by atoms with Gasteiger partial charge < -0.3 is 21.5 Å². The van der Waals surface area contributed by atoms with E-state index in [0.717, 1.165) is 0 Å². The van der Waals surface area contributed by atoms with Gasteiger partial charge in [-0.25, -0.2) is 19.4 Å². The van der Waals surface area contributed by atoms with E-state index in [0.29, 0.717) is 24.5 Å². The fourth-order valence-electron chi connectivity index (χ4n) is 2.49. The second-order valence-corrected chi connectivity index (χ2v) is 5.88. The van der Waals surface area contributed by atoms with Crippen LogP contribution in [0.25, 0.3) is 0 Å². The van der Waals surface area contributed by atoms with Crippen LogP contribution in [0.2, 0.25) is 0 Å². The monoisotopic (exact) mass is 367 g/mol. The minimum absolute atomic E-state index is 0.0678. The maximum atomic E-state index is 12.0. The standard InChI is InChI=1S/C14H18N6O4S/c15-9-3-1-4-16-12(9)19-13(25)17-5-2-6-20(8-11(22)23)10(21)7-18-14(20)24/h1,3-4H,2,5-8,15H2,(H3-,16,17,18,19,22,23,24,25)/p+1. The second-order valence-electron chi connectivity index (χ2n) is 5.47. The van der Waals surface area contributed by atoms with Gasteiger partial charge in [0.1, 0.15) is 6.54 Å². The molecule has 2 heterocycles. The number of anilines is 2. The maximum Gasteiger partial charge on any atom is 0.425 e. The Morgan fingerprint density at radius 1 is 1.48 bits per heavy atom. The predicted octanol–water partition coefficient (Wildman–Crippen LogP) is -0.508. The third-order valence-corrected chi connectivity index (χ3v) is 3.98. The molecule has 1 fully saturated rings. The van der Waals surface area contributed by atoms with Crippen molar-refractivity contribution < 1.29 is 24.0 Å². The molecule has 0 aliphatic carbocycles. The average molecular weight is 367 g/mol. The molecule has 10 nitrogen and oxygen atoms in total. The van der Waals surface area contributed by atoms with Gasteiger partial charge in [0, 0.05) is 19.2 Å². The zero-order chi connectivity index (χ0) is 18.4. The summed E-state index contributed by atoms with van der Waals surface area (Å²) in [4.78, 5) is 39.0. The number of aliphatic carboxylic acids is 1. The molecule has 3 amide bonds. The summed E-state index contributed by atoms with van der Waals surface area (Å²) in [5.41, 5.74) is 6.19. The molecule has 1 atom stereocenters. The summed E-state index contributed by atoms with van der Waals surface area (Å²) in [7, 11) is 0. The van der Waals surface area contributed by atoms with Crippen LogP contribution in [0.5, 0.6) is 0 Å². The van der Waals surface area contributed by atoms with Crippen LogP contribution in [0.1, 0.15) is 6.42 Å². The number of rotatable bonds is 7. The first-order valence-electron chi connectivity index (χ1n) is 7.51. The van der Waals surface area contributed by atoms with E-state index < -0.39 is 28.9 Å². The Kier molecular flexibility index (Phi) is 5.83. The van der Waals surface area contributed by atoms with Crippen LogP contribution in [-0.4, -0.2) is 63.8 Å². The molecule has 25 heavy (non-hydrogen) atoms. The minimum Gasteiger partial charge on any atom is -0.477 e. The number of nitrogen functional groups attached to an aromatic ring is 1. The third-order valence-electron chi connectivity index (χ3n) is 3.74. The normalized spacial score (nSPS) is 19.4. The van der Waals surface area contributed by atoms with Gasteiger partial charge in [-0.2, -0.15) is 4.48 Å². The number of imide groups is 1. The van der Waals surface area contributed by atoms with Crippen LogP contribution in [0.15, 0.2) is 18.3 Å². The molecular formula is C14H19N6O4S+. The Bertz CT molecular complexity index is 694. The highest BCUT2D eigenvalue weighted by atomic mass is 32.1. The van der Waals surface area contributed by atoms with Gasteiger partial charge in [-0.3, -0.25) is 5.32 Å². The number of aromatic nitrogens is 1. The molecule has 0 spiro atoms. The summed E-state index contributed by atoms with van der Waals surface area (Å²) < 4.78 is -0.732. The minimum atomic E-state index is -1.21. The number of hydrogen-bond acceptors (Lipinski definition) is 6. The zero-order valence-corrected chi connectivity index (χ0v) is 14.1. The summed E-state index contributed by atoms with van der Waals surface area (Å²) in [6.45, 7) is -0.312. The first-order valence-corrected chi connectivity index (χ1v) is 7.92. The molecule has 134 valence electrons. The van der Waals surface area contributed by atoms with E-state index in [-0.39, 0.29) is 18.2 Å². The molecule has 1 aromatic heterocycles. The fourth-order valence-corrected chi connectivity index (χ4v) is 2.69. The molecule has 1 unspecified atom stereocenters. The molecule has 0 bridgehead atoms. The number of carbonyl (C=O) groups is 3. The van der Waals surface area contributed by atoms with E-state index in [9.17, 15) is 14.4 Å². The summed E-state index contributed by atoms with van der Waals surface area (Å²) in [6, 6.07) is 2.78. The third kappa shape index (κ3) is 4.39. The summed E-state index contributed by atoms with van der Waals surface area (Å²) >= 11 is 5.12. The largest absolute Gasteiger partial charge is 0.477 e. The molecule has 1 aliphatic rings. The first-order chi connectivity index (χ1) is 11.8. The van der Waals surface area contributed by atoms with Gasteiger partial charge in [-0.1, -0.05) is 0 Å². The van der Waals surface area contributed by atoms with Crippen LogP contribution < -0.4 is 21.7 Å². The van der Waals surface area contributed by atoms with Gasteiger partial charge in [0.05, 0.1) is 12.2 Å². The van der Waals surface area contributed by atoms with Crippen molar-refractivity contribution in [3.63, 3.8) is 0 Å². The highest BCUT2D eigenvalue weighted by Gasteiger charge is 2.51. The Morgan fingerprint density at radius 3 is 2.84 bits per heavy atom. The van der Waals surface area contributed by atoms with Crippen LogP contribution >= 0.6 is 12.2 Å². The lowest BCUT2D eigenvalue weighted by molar-refractivity contribution is -0.759. The topological polar surface area (TPSA) is 146 Å². The second kappa shape index (κ2) is 7.85. The number of thiocarbonyl (C=S) groups is 1. The van der Waals surface area contributed by atoms with Crippen molar-refractivity contribution in [1.29, 1.82) is 0 Å². The molecule has 1 aromatic rings. The number of carboxylic acids is 1. The molecule has 2 rings (SSSR count). The smallest absolute Gasteiger partial charge is 0.425 e. The van der Waals surface area contributed by atoms with Crippen LogP contribution in [0.3, 0.4) is 0 Å². The molecule has 0 aromatic carbocycles. The molecule has 1 saturated heterocycles. The van der Waals surface area contributed by atoms with Crippen molar-refractivity contribution in [2.24, 2.45) is 0 Å². The summed E-state index contributed by atoms with van der Waals surface area (Å²) in [6.07, 6.45) is 1.94. The average Bonchev–Trinajstić information content (AvgIpc) is 2.82. The van der Waals surface area contributed by atoms with E-state index in [1.165, 1.54) is 0 Å². The lowest BCUT2D eigenvalue weighted by atomic mass is 10.3. The molecule has 0 radical (unpaired) electrons. The van der Waals surface area contributed by atoms with Gasteiger partial charge in [0.15, 0.2) is 17.5 Å². The Labute approximate surface area is 149 Å². The summed E-state index contributed by atoms with van der Waals surface area (Å²) in [5, 5.41) is 17.4. The van der Waals surface area contributed by atoms with Gasteiger partial charge in [-0.05, 0) is 24.4 Å². The van der Waals surface area contributed by atoms with E-state index in [1.54, 1.807) is 18.3 Å². The van der Waals surface area contributed by atoms with Gasteiger partial charge in [0.25, 0.3) is 0 Å². The van der Waals surface area contributed by atoms with E-state index in [4.69, 9.17) is 23.1 Å². The molecule has 1 aliphatic heterocycles. The van der Waals surface area contributed by atoms with Crippen LogP contribution in [0.4, 0.5) is 16.3 Å². The SMILES string of the molecule is Nc1cccnc1NC(=S)NCCC[N+]1(CC(=O)O)C(=O)CNC1=O. The van der Waals surface area contributed by atoms with Crippen molar-refractivity contribution in [2.75, 3.05) is 37.2 Å². The van der Waals surface area contributed by atoms with E-state index >= 15 is 0 Å². The Morgan fingerprint density at radius 2 is 2.24 bits per heavy atom. The number of carboxylic acid groups (broad SMARTS) is 1. The number of quaternary nitrogens is 1. The highest BCUT2D eigenvalue weighted by Crippen LogP contribution is 2.15. The van der Waals surface area contributed by atoms with Gasteiger partial charge >= 0.3 is 17.9 Å². The zero-order valence-electron chi connectivity index (χ0n) is 13.3. The predicted molar refractivity (Wildman–Crippen MR) is 93.5 cm³/mol. The van der Waals surface area contributed by atoms with Crippen molar-refractivity contribution in [1.82, 2.24) is 15.6 Å². The maximum absolute atomic E-state index is 12.0. The van der Waals surface area contributed by atoms with Crippen molar-refractivity contribution in [3.05, 3.63) is 18.3 Å². The number of hydrogen-bond donors (Lipinski definition) is 5. The molecule has 6 N–H and O–H groups in total. The molecule has 0 saturated carbocycles. The molecular weight excluding hydrogens is 348 g/mol.